The lowest BCUT2D eigenvalue weighted by Crippen LogP contribution is -2.48. The van der Waals surface area contributed by atoms with E-state index in [9.17, 15) is 9.59 Å². The van der Waals surface area contributed by atoms with Crippen molar-refractivity contribution in [3.63, 3.8) is 0 Å². The van der Waals surface area contributed by atoms with Crippen molar-refractivity contribution in [1.29, 1.82) is 0 Å². The van der Waals surface area contributed by atoms with E-state index in [1.54, 1.807) is 0 Å². The smallest absolute Gasteiger partial charge is 0.407 e. The van der Waals surface area contributed by atoms with Crippen LogP contribution in [0, 0.1) is 5.92 Å². The van der Waals surface area contributed by atoms with Gasteiger partial charge in [-0.2, -0.15) is 0 Å². The van der Waals surface area contributed by atoms with Crippen molar-refractivity contribution < 1.29 is 24.2 Å². The summed E-state index contributed by atoms with van der Waals surface area (Å²) in [5.74, 6) is -1.15. The van der Waals surface area contributed by atoms with Gasteiger partial charge < -0.3 is 19.9 Å². The Hall–Kier alpha value is -1.30. The molecule has 1 aliphatic heterocycles. The summed E-state index contributed by atoms with van der Waals surface area (Å²) < 4.78 is 9.74. The zero-order valence-corrected chi connectivity index (χ0v) is 9.43. The monoisotopic (exact) mass is 231 g/mol. The summed E-state index contributed by atoms with van der Waals surface area (Å²) in [5.41, 5.74) is 0. The molecular formula is C10H17NO5. The quantitative estimate of drug-likeness (QED) is 0.743. The van der Waals surface area contributed by atoms with Crippen LogP contribution in [-0.2, 0) is 14.3 Å². The number of ether oxygens (including phenoxy) is 2. The number of carboxylic acids is 1. The average Bonchev–Trinajstić information content (AvgIpc) is 2.25. The molecule has 1 heterocycles. The number of hydrogen-bond donors (Lipinski definition) is 2. The second-order valence-electron chi connectivity index (χ2n) is 3.92. The van der Waals surface area contributed by atoms with Gasteiger partial charge in [0, 0.05) is 6.61 Å². The van der Waals surface area contributed by atoms with Gasteiger partial charge in [0.15, 0.2) is 0 Å². The summed E-state index contributed by atoms with van der Waals surface area (Å²) in [6.45, 7) is 2.42. The molecule has 1 amide bonds. The first-order chi connectivity index (χ1) is 7.54. The number of carboxylic acid groups (broad SMARTS) is 1. The first kappa shape index (κ1) is 12.8. The molecule has 0 aromatic carbocycles. The van der Waals surface area contributed by atoms with E-state index in [2.05, 4.69) is 10.1 Å². The molecule has 0 aromatic rings. The lowest BCUT2D eigenvalue weighted by atomic mass is 9.89. The lowest BCUT2D eigenvalue weighted by molar-refractivity contribution is -0.142. The molecule has 2 N–H and O–H groups in total. The summed E-state index contributed by atoms with van der Waals surface area (Å²) in [4.78, 5) is 22.1. The van der Waals surface area contributed by atoms with Crippen molar-refractivity contribution in [3.8, 4) is 0 Å². The van der Waals surface area contributed by atoms with Crippen LogP contribution in [0.1, 0.15) is 19.8 Å². The van der Waals surface area contributed by atoms with Crippen molar-refractivity contribution >= 4 is 12.1 Å². The summed E-state index contributed by atoms with van der Waals surface area (Å²) in [6.07, 6.45) is 0.568. The summed E-state index contributed by atoms with van der Waals surface area (Å²) in [7, 11) is 1.21. The standard InChI is InChI=1S/C10H17NO5/c1-6-5-7(3-4-16-6)8(9(12)13)11-10(14)15-2/h6-8H,3-5H2,1-2H3,(H,11,14)(H,12,13)/t6-,7+,8+/m1/s1. The highest BCUT2D eigenvalue weighted by atomic mass is 16.5. The Morgan fingerprint density at radius 3 is 2.75 bits per heavy atom. The molecule has 0 radical (unpaired) electrons. The largest absolute Gasteiger partial charge is 0.480 e. The van der Waals surface area contributed by atoms with Crippen molar-refractivity contribution in [3.05, 3.63) is 0 Å². The minimum atomic E-state index is -1.04. The number of methoxy groups -OCH3 is 1. The molecule has 6 heteroatoms. The summed E-state index contributed by atoms with van der Waals surface area (Å²) in [5, 5.41) is 11.4. The number of hydrogen-bond acceptors (Lipinski definition) is 4. The fourth-order valence-electron chi connectivity index (χ4n) is 1.90. The number of rotatable bonds is 3. The van der Waals surface area contributed by atoms with E-state index in [1.165, 1.54) is 7.11 Å². The fraction of sp³-hybridized carbons (Fsp3) is 0.800. The van der Waals surface area contributed by atoms with Crippen LogP contribution in [0.2, 0.25) is 0 Å². The predicted octanol–water partition coefficient (Wildman–Crippen LogP) is 0.611. The van der Waals surface area contributed by atoms with Gasteiger partial charge in [0.1, 0.15) is 6.04 Å². The van der Waals surface area contributed by atoms with Gasteiger partial charge in [-0.05, 0) is 25.7 Å². The van der Waals surface area contributed by atoms with Crippen molar-refractivity contribution in [2.75, 3.05) is 13.7 Å². The predicted molar refractivity (Wildman–Crippen MR) is 55.1 cm³/mol. The maximum Gasteiger partial charge on any atom is 0.407 e. The minimum Gasteiger partial charge on any atom is -0.480 e. The molecule has 1 aliphatic rings. The Morgan fingerprint density at radius 2 is 2.25 bits per heavy atom. The topological polar surface area (TPSA) is 84.9 Å². The van der Waals surface area contributed by atoms with Gasteiger partial charge in [-0.1, -0.05) is 0 Å². The van der Waals surface area contributed by atoms with Gasteiger partial charge in [0.2, 0.25) is 0 Å². The van der Waals surface area contributed by atoms with E-state index in [1.807, 2.05) is 6.92 Å². The zero-order chi connectivity index (χ0) is 12.1. The first-order valence-corrected chi connectivity index (χ1v) is 5.23. The third-order valence-electron chi connectivity index (χ3n) is 2.72. The maximum absolute atomic E-state index is 11.0. The third-order valence-corrected chi connectivity index (χ3v) is 2.72. The molecule has 0 unspecified atom stereocenters. The van der Waals surface area contributed by atoms with E-state index in [-0.39, 0.29) is 12.0 Å². The molecule has 0 saturated carbocycles. The first-order valence-electron chi connectivity index (χ1n) is 5.23. The van der Waals surface area contributed by atoms with Gasteiger partial charge in [-0.25, -0.2) is 9.59 Å². The van der Waals surface area contributed by atoms with Crippen LogP contribution in [0.3, 0.4) is 0 Å². The highest BCUT2D eigenvalue weighted by Gasteiger charge is 2.33. The fourth-order valence-corrected chi connectivity index (χ4v) is 1.90. The maximum atomic E-state index is 11.0. The zero-order valence-electron chi connectivity index (χ0n) is 9.43. The van der Waals surface area contributed by atoms with E-state index in [0.717, 1.165) is 0 Å². The Morgan fingerprint density at radius 1 is 1.56 bits per heavy atom. The van der Waals surface area contributed by atoms with E-state index in [0.29, 0.717) is 19.4 Å². The summed E-state index contributed by atoms with van der Waals surface area (Å²) in [6, 6.07) is -0.904. The van der Waals surface area contributed by atoms with Gasteiger partial charge in [-0.3, -0.25) is 0 Å². The minimum absolute atomic E-state index is 0.0278. The van der Waals surface area contributed by atoms with Crippen LogP contribution in [0.15, 0.2) is 0 Å². The highest BCUT2D eigenvalue weighted by Crippen LogP contribution is 2.23. The highest BCUT2D eigenvalue weighted by molar-refractivity contribution is 5.80. The van der Waals surface area contributed by atoms with E-state index >= 15 is 0 Å². The molecule has 1 rings (SSSR count). The third kappa shape index (κ3) is 3.37. The molecule has 92 valence electrons. The van der Waals surface area contributed by atoms with Crippen LogP contribution in [-0.4, -0.2) is 43.0 Å². The Bertz CT molecular complexity index is 268. The van der Waals surface area contributed by atoms with E-state index in [4.69, 9.17) is 9.84 Å². The number of carbonyl (C=O) groups is 2. The van der Waals surface area contributed by atoms with Gasteiger partial charge in [0.05, 0.1) is 13.2 Å². The van der Waals surface area contributed by atoms with Crippen LogP contribution in [0.25, 0.3) is 0 Å². The van der Waals surface area contributed by atoms with Crippen LogP contribution in [0.5, 0.6) is 0 Å². The molecule has 0 aliphatic carbocycles. The van der Waals surface area contributed by atoms with Gasteiger partial charge >= 0.3 is 12.1 Å². The Balaban J connectivity index is 2.61. The van der Waals surface area contributed by atoms with Crippen LogP contribution in [0.4, 0.5) is 4.79 Å². The SMILES string of the molecule is COC(=O)N[C@H](C(=O)O)[C@H]1CCO[C@H](C)C1. The summed E-state index contributed by atoms with van der Waals surface area (Å²) >= 11 is 0. The molecule has 0 bridgehead atoms. The van der Waals surface area contributed by atoms with Crippen molar-refractivity contribution in [2.45, 2.75) is 31.9 Å². The number of carbonyl (C=O) groups excluding carboxylic acids is 1. The average molecular weight is 231 g/mol. The number of nitrogens with one attached hydrogen (secondary N) is 1. The number of alkyl carbamates (subject to hydrolysis) is 1. The van der Waals surface area contributed by atoms with Crippen LogP contribution < -0.4 is 5.32 Å². The van der Waals surface area contributed by atoms with Crippen LogP contribution >= 0.6 is 0 Å². The molecule has 1 saturated heterocycles. The Labute approximate surface area is 93.9 Å². The molecular weight excluding hydrogens is 214 g/mol. The second kappa shape index (κ2) is 5.69. The van der Waals surface area contributed by atoms with Gasteiger partial charge in [0.25, 0.3) is 0 Å². The van der Waals surface area contributed by atoms with E-state index < -0.39 is 18.1 Å². The Kier molecular flexibility index (Phi) is 4.54. The van der Waals surface area contributed by atoms with Gasteiger partial charge in [-0.15, -0.1) is 0 Å². The molecule has 3 atom stereocenters. The molecule has 1 fully saturated rings. The van der Waals surface area contributed by atoms with Crippen molar-refractivity contribution in [2.24, 2.45) is 5.92 Å². The lowest BCUT2D eigenvalue weighted by Gasteiger charge is -2.31. The molecule has 6 nitrogen and oxygen atoms in total. The van der Waals surface area contributed by atoms with Crippen molar-refractivity contribution in [1.82, 2.24) is 5.32 Å². The molecule has 0 aromatic heterocycles. The molecule has 0 spiro atoms. The number of aliphatic carboxylic acids is 1. The normalized spacial score (nSPS) is 26.9. The molecule has 16 heavy (non-hydrogen) atoms. The second-order valence-corrected chi connectivity index (χ2v) is 3.92. The number of amides is 1.